The number of hydrogen-bond acceptors (Lipinski definition) is 5. The lowest BCUT2D eigenvalue weighted by Gasteiger charge is -2.07. The molecule has 0 bridgehead atoms. The first-order valence-corrected chi connectivity index (χ1v) is 5.14. The molecular formula is C12H15NO4. The largest absolute Gasteiger partial charge is 0.493 e. The molecule has 1 rings (SSSR count). The van der Waals surface area contributed by atoms with Gasteiger partial charge in [-0.1, -0.05) is 0 Å². The molecule has 0 aliphatic heterocycles. The molecule has 1 aromatic rings. The van der Waals surface area contributed by atoms with Gasteiger partial charge in [0.1, 0.15) is 6.21 Å². The maximum absolute atomic E-state index is 11.1. The van der Waals surface area contributed by atoms with Crippen LogP contribution in [0.5, 0.6) is 11.5 Å². The number of rotatable bonds is 5. The third kappa shape index (κ3) is 3.79. The minimum atomic E-state index is -0.470. The van der Waals surface area contributed by atoms with E-state index in [2.05, 4.69) is 4.99 Å². The fourth-order valence-electron chi connectivity index (χ4n) is 1.21. The average Bonchev–Trinajstić information content (AvgIpc) is 2.36. The number of hydrogen-bond donors (Lipinski definition) is 0. The van der Waals surface area contributed by atoms with Crippen molar-refractivity contribution in [3.8, 4) is 11.5 Å². The molecule has 0 aliphatic carbocycles. The summed E-state index contributed by atoms with van der Waals surface area (Å²) in [4.78, 5) is 15.0. The lowest BCUT2D eigenvalue weighted by Crippen LogP contribution is -2.04. The highest BCUT2D eigenvalue weighted by molar-refractivity contribution is 6.23. The summed E-state index contributed by atoms with van der Waals surface area (Å²) in [6, 6.07) is 5.11. The van der Waals surface area contributed by atoms with Crippen LogP contribution in [-0.4, -0.2) is 33.0 Å². The zero-order valence-corrected chi connectivity index (χ0v) is 10.1. The molecule has 0 fully saturated rings. The molecule has 0 N–H and O–H groups in total. The smallest absolute Gasteiger partial charge is 0.349 e. The quantitative estimate of drug-likeness (QED) is 0.580. The molecule has 0 saturated heterocycles. The second kappa shape index (κ2) is 6.52. The molecule has 0 aromatic heterocycles. The molecule has 0 spiro atoms. The number of aliphatic imine (C=N–C) groups is 1. The second-order valence-electron chi connectivity index (χ2n) is 3.05. The molecule has 0 amide bonds. The Morgan fingerprint density at radius 1 is 1.29 bits per heavy atom. The third-order valence-electron chi connectivity index (χ3n) is 1.97. The summed E-state index contributed by atoms with van der Waals surface area (Å²) in [6.07, 6.45) is 1.13. The van der Waals surface area contributed by atoms with E-state index in [1.54, 1.807) is 32.2 Å². The summed E-state index contributed by atoms with van der Waals surface area (Å²) >= 11 is 0. The molecule has 0 heterocycles. The van der Waals surface area contributed by atoms with Gasteiger partial charge in [-0.15, -0.1) is 0 Å². The Kier molecular flexibility index (Phi) is 5.00. The fourth-order valence-corrected chi connectivity index (χ4v) is 1.21. The van der Waals surface area contributed by atoms with Crippen LogP contribution in [0.2, 0.25) is 0 Å². The topological polar surface area (TPSA) is 57.1 Å². The van der Waals surface area contributed by atoms with Gasteiger partial charge in [0, 0.05) is 6.07 Å². The van der Waals surface area contributed by atoms with Gasteiger partial charge in [0.05, 0.1) is 26.5 Å². The van der Waals surface area contributed by atoms with Crippen LogP contribution in [0.4, 0.5) is 5.69 Å². The van der Waals surface area contributed by atoms with Crippen molar-refractivity contribution in [1.82, 2.24) is 0 Å². The third-order valence-corrected chi connectivity index (χ3v) is 1.97. The standard InChI is InChI=1S/C12H15NO4/c1-4-17-12(14)8-13-9-5-6-10(15-2)11(7-9)16-3/h5-8H,4H2,1-3H3. The van der Waals surface area contributed by atoms with Crippen molar-refractivity contribution in [1.29, 1.82) is 0 Å². The van der Waals surface area contributed by atoms with Crippen molar-refractivity contribution in [3.05, 3.63) is 18.2 Å². The minimum Gasteiger partial charge on any atom is -0.493 e. The van der Waals surface area contributed by atoms with Gasteiger partial charge in [-0.2, -0.15) is 0 Å². The Morgan fingerprint density at radius 2 is 2.00 bits per heavy atom. The highest BCUT2D eigenvalue weighted by Gasteiger charge is 2.03. The van der Waals surface area contributed by atoms with E-state index in [9.17, 15) is 4.79 Å². The van der Waals surface area contributed by atoms with E-state index < -0.39 is 5.97 Å². The maximum atomic E-state index is 11.1. The summed E-state index contributed by atoms with van der Waals surface area (Å²) in [5.74, 6) is 0.705. The molecule has 5 nitrogen and oxygen atoms in total. The number of ether oxygens (including phenoxy) is 3. The van der Waals surface area contributed by atoms with Crippen molar-refractivity contribution in [3.63, 3.8) is 0 Å². The van der Waals surface area contributed by atoms with E-state index in [0.717, 1.165) is 6.21 Å². The monoisotopic (exact) mass is 237 g/mol. The van der Waals surface area contributed by atoms with Gasteiger partial charge in [-0.3, -0.25) is 0 Å². The lowest BCUT2D eigenvalue weighted by molar-refractivity contribution is -0.134. The number of methoxy groups -OCH3 is 2. The second-order valence-corrected chi connectivity index (χ2v) is 3.05. The van der Waals surface area contributed by atoms with Crippen LogP contribution in [0.1, 0.15) is 6.92 Å². The maximum Gasteiger partial charge on any atom is 0.349 e. The van der Waals surface area contributed by atoms with Crippen LogP contribution in [0, 0.1) is 0 Å². The number of carbonyl (C=O) groups excluding carboxylic acids is 1. The molecule has 0 unspecified atom stereocenters. The molecule has 0 radical (unpaired) electrons. The Labute approximate surface area is 100 Å². The zero-order chi connectivity index (χ0) is 12.7. The van der Waals surface area contributed by atoms with Crippen LogP contribution < -0.4 is 9.47 Å². The van der Waals surface area contributed by atoms with Crippen LogP contribution in [0.15, 0.2) is 23.2 Å². The van der Waals surface area contributed by atoms with Gasteiger partial charge in [0.15, 0.2) is 11.5 Å². The lowest BCUT2D eigenvalue weighted by atomic mass is 10.3. The molecule has 92 valence electrons. The van der Waals surface area contributed by atoms with Gasteiger partial charge in [-0.25, -0.2) is 9.79 Å². The molecule has 0 atom stereocenters. The predicted octanol–water partition coefficient (Wildman–Crippen LogP) is 1.97. The van der Waals surface area contributed by atoms with Gasteiger partial charge in [-0.05, 0) is 19.1 Å². The van der Waals surface area contributed by atoms with Crippen molar-refractivity contribution >= 4 is 17.9 Å². The summed E-state index contributed by atoms with van der Waals surface area (Å²) in [6.45, 7) is 2.07. The van der Waals surface area contributed by atoms with Gasteiger partial charge in [0.25, 0.3) is 0 Å². The molecule has 17 heavy (non-hydrogen) atoms. The Bertz CT molecular complexity index is 415. The van der Waals surface area contributed by atoms with Crippen molar-refractivity contribution in [2.45, 2.75) is 6.92 Å². The summed E-state index contributed by atoms with van der Waals surface area (Å²) in [5.41, 5.74) is 0.593. The molecule has 1 aromatic carbocycles. The first-order chi connectivity index (χ1) is 8.21. The van der Waals surface area contributed by atoms with Gasteiger partial charge < -0.3 is 14.2 Å². The van der Waals surface area contributed by atoms with Crippen LogP contribution >= 0.6 is 0 Å². The van der Waals surface area contributed by atoms with Crippen LogP contribution in [0.3, 0.4) is 0 Å². The Hall–Kier alpha value is -2.04. The summed E-state index contributed by atoms with van der Waals surface area (Å²) in [7, 11) is 3.09. The van der Waals surface area contributed by atoms with E-state index in [-0.39, 0.29) is 0 Å². The highest BCUT2D eigenvalue weighted by Crippen LogP contribution is 2.30. The van der Waals surface area contributed by atoms with Crippen molar-refractivity contribution in [2.24, 2.45) is 4.99 Å². The summed E-state index contributed by atoms with van der Waals surface area (Å²) < 4.78 is 14.9. The normalized spacial score (nSPS) is 10.3. The molecule has 0 aliphatic rings. The number of esters is 1. The van der Waals surface area contributed by atoms with E-state index in [1.807, 2.05) is 0 Å². The van der Waals surface area contributed by atoms with E-state index in [4.69, 9.17) is 14.2 Å². The van der Waals surface area contributed by atoms with Crippen LogP contribution in [0.25, 0.3) is 0 Å². The van der Waals surface area contributed by atoms with Crippen molar-refractivity contribution < 1.29 is 19.0 Å². The molecular weight excluding hydrogens is 222 g/mol. The van der Waals surface area contributed by atoms with E-state index in [1.165, 1.54) is 7.11 Å². The average molecular weight is 237 g/mol. The fraction of sp³-hybridized carbons (Fsp3) is 0.333. The van der Waals surface area contributed by atoms with Crippen LogP contribution in [-0.2, 0) is 9.53 Å². The zero-order valence-electron chi connectivity index (χ0n) is 10.1. The molecule has 0 saturated carbocycles. The first kappa shape index (κ1) is 13.0. The van der Waals surface area contributed by atoms with E-state index >= 15 is 0 Å². The summed E-state index contributed by atoms with van der Waals surface area (Å²) in [5, 5.41) is 0. The molecule has 5 heteroatoms. The first-order valence-electron chi connectivity index (χ1n) is 5.14. The Balaban J connectivity index is 2.82. The van der Waals surface area contributed by atoms with E-state index in [0.29, 0.717) is 23.8 Å². The number of nitrogens with zero attached hydrogens (tertiary/aromatic N) is 1. The number of carbonyl (C=O) groups is 1. The Morgan fingerprint density at radius 3 is 2.59 bits per heavy atom. The SMILES string of the molecule is CCOC(=O)C=Nc1ccc(OC)c(OC)c1. The number of benzene rings is 1. The minimum absolute atomic E-state index is 0.330. The predicted molar refractivity (Wildman–Crippen MR) is 64.3 cm³/mol. The highest BCUT2D eigenvalue weighted by atomic mass is 16.5. The van der Waals surface area contributed by atoms with Gasteiger partial charge in [0.2, 0.25) is 0 Å². The van der Waals surface area contributed by atoms with Crippen molar-refractivity contribution in [2.75, 3.05) is 20.8 Å². The van der Waals surface area contributed by atoms with Gasteiger partial charge >= 0.3 is 5.97 Å².